The Hall–Kier alpha value is -1.36. The minimum absolute atomic E-state index is 0.122. The molecule has 0 fully saturated rings. The number of carbonyl (C=O) groups excluding carboxylic acids is 1. The predicted molar refractivity (Wildman–Crippen MR) is 48.6 cm³/mol. The van der Waals surface area contributed by atoms with Gasteiger partial charge in [0.2, 0.25) is 5.91 Å². The molecule has 0 spiro atoms. The van der Waals surface area contributed by atoms with E-state index >= 15 is 0 Å². The Morgan fingerprint density at radius 3 is 2.77 bits per heavy atom. The van der Waals surface area contributed by atoms with Crippen LogP contribution >= 0.6 is 0 Å². The molecule has 0 saturated heterocycles. The number of amides is 1. The second kappa shape index (κ2) is 3.57. The zero-order valence-electron chi connectivity index (χ0n) is 8.11. The summed E-state index contributed by atoms with van der Waals surface area (Å²) in [5.41, 5.74) is 1.78. The van der Waals surface area contributed by atoms with Crippen LogP contribution < -0.4 is 5.84 Å². The molecule has 0 unspecified atom stereocenters. The number of aromatic nitrogens is 2. The number of nitrogens with two attached hydrogens (primary N) is 1. The Balaban J connectivity index is 2.74. The first-order chi connectivity index (χ1) is 6.00. The van der Waals surface area contributed by atoms with Gasteiger partial charge in [-0.1, -0.05) is 0 Å². The molecule has 2 N–H and O–H groups in total. The predicted octanol–water partition coefficient (Wildman–Crippen LogP) is -0.397. The zero-order valence-corrected chi connectivity index (χ0v) is 8.11. The second-order valence-electron chi connectivity index (χ2n) is 3.08. The number of hydrazine groups is 1. The van der Waals surface area contributed by atoms with Crippen molar-refractivity contribution in [1.82, 2.24) is 14.8 Å². The van der Waals surface area contributed by atoms with Crippen molar-refractivity contribution in [3.8, 4) is 0 Å². The molecular formula is C8H14N4O. The van der Waals surface area contributed by atoms with Gasteiger partial charge in [0.05, 0.1) is 12.1 Å². The topological polar surface area (TPSA) is 64.2 Å². The minimum Gasteiger partial charge on any atom is -0.284 e. The van der Waals surface area contributed by atoms with Crippen LogP contribution in [0.1, 0.15) is 11.4 Å². The van der Waals surface area contributed by atoms with Crippen LogP contribution in [-0.2, 0) is 18.3 Å². The van der Waals surface area contributed by atoms with Gasteiger partial charge in [-0.3, -0.25) is 14.5 Å². The van der Waals surface area contributed by atoms with Crippen LogP contribution in [0.3, 0.4) is 0 Å². The quantitative estimate of drug-likeness (QED) is 0.384. The van der Waals surface area contributed by atoms with E-state index in [1.165, 1.54) is 7.05 Å². The summed E-state index contributed by atoms with van der Waals surface area (Å²) < 4.78 is 1.69. The molecule has 0 atom stereocenters. The van der Waals surface area contributed by atoms with Gasteiger partial charge in [-0.05, 0) is 13.0 Å². The van der Waals surface area contributed by atoms with E-state index in [0.29, 0.717) is 6.42 Å². The molecule has 1 heterocycles. The van der Waals surface area contributed by atoms with Crippen molar-refractivity contribution < 1.29 is 4.79 Å². The van der Waals surface area contributed by atoms with Gasteiger partial charge in [0.1, 0.15) is 0 Å². The highest BCUT2D eigenvalue weighted by Crippen LogP contribution is 2.03. The monoisotopic (exact) mass is 182 g/mol. The normalized spacial score (nSPS) is 10.2. The van der Waals surface area contributed by atoms with Gasteiger partial charge in [-0.2, -0.15) is 5.10 Å². The lowest BCUT2D eigenvalue weighted by Gasteiger charge is -2.09. The van der Waals surface area contributed by atoms with Crippen molar-refractivity contribution >= 4 is 5.91 Å². The largest absolute Gasteiger partial charge is 0.284 e. The van der Waals surface area contributed by atoms with Gasteiger partial charge in [-0.25, -0.2) is 5.84 Å². The summed E-state index contributed by atoms with van der Waals surface area (Å²) in [6.45, 7) is 1.89. The third-order valence-electron chi connectivity index (χ3n) is 1.82. The molecular weight excluding hydrogens is 168 g/mol. The molecule has 0 aliphatic carbocycles. The molecule has 0 bridgehead atoms. The van der Waals surface area contributed by atoms with Gasteiger partial charge in [0.15, 0.2) is 0 Å². The van der Waals surface area contributed by atoms with E-state index < -0.39 is 0 Å². The summed E-state index contributed by atoms with van der Waals surface area (Å²) in [5.74, 6) is 5.17. The fraction of sp³-hybridized carbons (Fsp3) is 0.500. The number of nitrogens with zero attached hydrogens (tertiary/aromatic N) is 3. The summed E-state index contributed by atoms with van der Waals surface area (Å²) in [5, 5.41) is 5.21. The number of likely N-dealkylation sites (N-methyl/N-ethyl adjacent to an activating group) is 1. The smallest absolute Gasteiger partial charge is 0.242 e. The first-order valence-electron chi connectivity index (χ1n) is 4.01. The van der Waals surface area contributed by atoms with Gasteiger partial charge >= 0.3 is 0 Å². The van der Waals surface area contributed by atoms with Crippen LogP contribution in [0, 0.1) is 6.92 Å². The Morgan fingerprint density at radius 1 is 1.77 bits per heavy atom. The van der Waals surface area contributed by atoms with E-state index in [2.05, 4.69) is 5.10 Å². The van der Waals surface area contributed by atoms with E-state index in [-0.39, 0.29) is 5.91 Å². The summed E-state index contributed by atoms with van der Waals surface area (Å²) in [7, 11) is 3.34. The molecule has 5 nitrogen and oxygen atoms in total. The van der Waals surface area contributed by atoms with Gasteiger partial charge in [0, 0.05) is 19.8 Å². The standard InChI is InChI=1S/C8H14N4O/c1-6-4-7(12(3)10-6)5-8(13)11(2)9/h4H,5,9H2,1-3H3. The van der Waals surface area contributed by atoms with Crippen LogP contribution in [0.15, 0.2) is 6.07 Å². The third kappa shape index (κ3) is 2.29. The molecule has 0 radical (unpaired) electrons. The fourth-order valence-electron chi connectivity index (χ4n) is 1.11. The van der Waals surface area contributed by atoms with Crippen molar-refractivity contribution in [2.75, 3.05) is 7.05 Å². The first-order valence-corrected chi connectivity index (χ1v) is 4.01. The zero-order chi connectivity index (χ0) is 10.0. The lowest BCUT2D eigenvalue weighted by Crippen LogP contribution is -2.34. The van der Waals surface area contributed by atoms with Crippen LogP contribution in [0.2, 0.25) is 0 Å². The molecule has 0 saturated carbocycles. The van der Waals surface area contributed by atoms with Gasteiger partial charge < -0.3 is 0 Å². The van der Waals surface area contributed by atoms with Crippen molar-refractivity contribution in [1.29, 1.82) is 0 Å². The number of carbonyl (C=O) groups is 1. The minimum atomic E-state index is -0.122. The molecule has 0 aliphatic rings. The Bertz CT molecular complexity index is 316. The maximum atomic E-state index is 11.2. The second-order valence-corrected chi connectivity index (χ2v) is 3.08. The summed E-state index contributed by atoms with van der Waals surface area (Å²) in [4.78, 5) is 11.2. The lowest BCUT2D eigenvalue weighted by atomic mass is 10.3. The van der Waals surface area contributed by atoms with Crippen molar-refractivity contribution in [3.63, 3.8) is 0 Å². The molecule has 1 aromatic rings. The lowest BCUT2D eigenvalue weighted by molar-refractivity contribution is -0.129. The Labute approximate surface area is 77.1 Å². The fourth-order valence-corrected chi connectivity index (χ4v) is 1.11. The Kier molecular flexibility index (Phi) is 2.67. The third-order valence-corrected chi connectivity index (χ3v) is 1.82. The summed E-state index contributed by atoms with van der Waals surface area (Å²) in [6.07, 6.45) is 0.296. The summed E-state index contributed by atoms with van der Waals surface area (Å²) >= 11 is 0. The molecule has 1 amide bonds. The number of aryl methyl sites for hydroxylation is 2. The number of hydrogen-bond acceptors (Lipinski definition) is 3. The number of rotatable bonds is 2. The van der Waals surface area contributed by atoms with E-state index in [9.17, 15) is 4.79 Å². The average Bonchev–Trinajstić information content (AvgIpc) is 2.30. The van der Waals surface area contributed by atoms with Crippen molar-refractivity contribution in [2.24, 2.45) is 12.9 Å². The van der Waals surface area contributed by atoms with Crippen molar-refractivity contribution in [3.05, 3.63) is 17.5 Å². The maximum Gasteiger partial charge on any atom is 0.242 e. The average molecular weight is 182 g/mol. The van der Waals surface area contributed by atoms with E-state index in [1.807, 2.05) is 20.0 Å². The highest BCUT2D eigenvalue weighted by Gasteiger charge is 2.09. The van der Waals surface area contributed by atoms with E-state index in [0.717, 1.165) is 16.4 Å². The van der Waals surface area contributed by atoms with Crippen LogP contribution in [0.25, 0.3) is 0 Å². The highest BCUT2D eigenvalue weighted by atomic mass is 16.2. The van der Waals surface area contributed by atoms with E-state index in [1.54, 1.807) is 4.68 Å². The highest BCUT2D eigenvalue weighted by molar-refractivity contribution is 5.77. The molecule has 13 heavy (non-hydrogen) atoms. The molecule has 1 aromatic heterocycles. The number of hydrogen-bond donors (Lipinski definition) is 1. The molecule has 0 aromatic carbocycles. The van der Waals surface area contributed by atoms with Crippen LogP contribution in [0.4, 0.5) is 0 Å². The maximum absolute atomic E-state index is 11.2. The van der Waals surface area contributed by atoms with Gasteiger partial charge in [-0.15, -0.1) is 0 Å². The first kappa shape index (κ1) is 9.73. The van der Waals surface area contributed by atoms with Crippen LogP contribution in [0.5, 0.6) is 0 Å². The summed E-state index contributed by atoms with van der Waals surface area (Å²) in [6, 6.07) is 1.88. The molecule has 1 rings (SSSR count). The Morgan fingerprint density at radius 2 is 2.38 bits per heavy atom. The van der Waals surface area contributed by atoms with Crippen molar-refractivity contribution in [2.45, 2.75) is 13.3 Å². The molecule has 72 valence electrons. The molecule has 5 heteroatoms. The molecule has 0 aliphatic heterocycles. The van der Waals surface area contributed by atoms with E-state index in [4.69, 9.17) is 5.84 Å². The SMILES string of the molecule is Cc1cc(CC(=O)N(C)N)n(C)n1. The van der Waals surface area contributed by atoms with Crippen LogP contribution in [-0.4, -0.2) is 27.7 Å². The van der Waals surface area contributed by atoms with Gasteiger partial charge in [0.25, 0.3) is 0 Å².